The van der Waals surface area contributed by atoms with Crippen LogP contribution in [0.25, 0.3) is 0 Å². The van der Waals surface area contributed by atoms with Gasteiger partial charge in [0.2, 0.25) is 20.0 Å². The van der Waals surface area contributed by atoms with Crippen molar-refractivity contribution in [2.24, 2.45) is 5.92 Å². The highest BCUT2D eigenvalue weighted by atomic mass is 35.5. The Kier molecular flexibility index (Phi) is 10.3. The molecule has 0 unspecified atom stereocenters. The number of sulfonamides is 2. The molecule has 0 radical (unpaired) electrons. The first kappa shape index (κ1) is 29.9. The summed E-state index contributed by atoms with van der Waals surface area (Å²) in [7, 11) is -7.15. The van der Waals surface area contributed by atoms with Gasteiger partial charge in [0.25, 0.3) is 0 Å². The fourth-order valence-electron chi connectivity index (χ4n) is 5.35. The normalized spacial score (nSPS) is 21.5. The first-order valence-electron chi connectivity index (χ1n) is 13.0. The van der Waals surface area contributed by atoms with E-state index < -0.39 is 25.3 Å². The van der Waals surface area contributed by atoms with Crippen LogP contribution < -0.4 is 14.3 Å². The van der Waals surface area contributed by atoms with Gasteiger partial charge in [0, 0.05) is 40.4 Å². The lowest BCUT2D eigenvalue weighted by atomic mass is 9.88. The van der Waals surface area contributed by atoms with Crippen LogP contribution in [0, 0.1) is 5.92 Å². The zero-order valence-electron chi connectivity index (χ0n) is 21.1. The Morgan fingerprint density at radius 2 is 1.50 bits per heavy atom. The molecule has 0 amide bonds. The van der Waals surface area contributed by atoms with E-state index in [-0.39, 0.29) is 30.8 Å². The predicted molar refractivity (Wildman–Crippen MR) is 156 cm³/mol. The summed E-state index contributed by atoms with van der Waals surface area (Å²) in [5.74, 6) is -0.239. The molecule has 4 rings (SSSR count). The summed E-state index contributed by atoms with van der Waals surface area (Å²) >= 11 is 18.8. The van der Waals surface area contributed by atoms with E-state index in [1.807, 2.05) is 36.4 Å². The minimum absolute atomic E-state index is 0.00277. The van der Waals surface area contributed by atoms with Crippen molar-refractivity contribution in [3.63, 3.8) is 0 Å². The number of piperidine rings is 1. The molecule has 12 heteroatoms. The molecular weight excluding hydrogens is 589 g/mol. The number of nitrogens with zero attached hydrogens (tertiary/aromatic N) is 1. The van der Waals surface area contributed by atoms with Gasteiger partial charge in [-0.25, -0.2) is 26.3 Å². The summed E-state index contributed by atoms with van der Waals surface area (Å²) in [6, 6.07) is 13.1. The number of halogens is 3. The van der Waals surface area contributed by atoms with Crippen LogP contribution in [-0.4, -0.2) is 47.5 Å². The average Bonchev–Trinajstić information content (AvgIpc) is 2.88. The zero-order valence-corrected chi connectivity index (χ0v) is 25.0. The van der Waals surface area contributed by atoms with Gasteiger partial charge in [-0.05, 0) is 73.6 Å². The molecule has 1 aliphatic heterocycles. The second-order valence-electron chi connectivity index (χ2n) is 10.1. The molecule has 2 aliphatic rings. The van der Waals surface area contributed by atoms with Crippen molar-refractivity contribution in [2.45, 2.75) is 56.2 Å². The highest BCUT2D eigenvalue weighted by Crippen LogP contribution is 2.40. The smallest absolute Gasteiger partial charge is 0.214 e. The van der Waals surface area contributed by atoms with E-state index in [0.717, 1.165) is 43.4 Å². The molecule has 1 aliphatic carbocycles. The number of anilines is 1. The molecule has 2 aromatic rings. The predicted octanol–water partition coefficient (Wildman–Crippen LogP) is 5.78. The molecule has 38 heavy (non-hydrogen) atoms. The molecule has 0 spiro atoms. The number of benzene rings is 2. The molecule has 0 bridgehead atoms. The molecule has 1 saturated heterocycles. The summed E-state index contributed by atoms with van der Waals surface area (Å²) in [6.45, 7) is 0.748. The van der Waals surface area contributed by atoms with Crippen LogP contribution in [0.1, 0.15) is 56.6 Å². The van der Waals surface area contributed by atoms with Gasteiger partial charge in [-0.2, -0.15) is 0 Å². The van der Waals surface area contributed by atoms with E-state index >= 15 is 0 Å². The van der Waals surface area contributed by atoms with Crippen LogP contribution >= 0.6 is 34.8 Å². The van der Waals surface area contributed by atoms with Crippen molar-refractivity contribution >= 4 is 60.5 Å². The van der Waals surface area contributed by atoms with Gasteiger partial charge >= 0.3 is 0 Å². The minimum Gasteiger partial charge on any atom is -0.364 e. The molecule has 1 saturated carbocycles. The average molecular weight is 623 g/mol. The zero-order chi connectivity index (χ0) is 27.3. The largest absolute Gasteiger partial charge is 0.364 e. The SMILES string of the molecule is O=S(=O)(CCNS(=O)(=O)C1CCCCC1)NC[C@H]1CC[C@H](c2ccc(Cl)cc2Cl)N(c2ccc(Cl)cc2)C1. The van der Waals surface area contributed by atoms with Crippen molar-refractivity contribution in [3.8, 4) is 0 Å². The van der Waals surface area contributed by atoms with Crippen molar-refractivity contribution in [3.05, 3.63) is 63.1 Å². The lowest BCUT2D eigenvalue weighted by Crippen LogP contribution is -2.44. The Labute approximate surface area is 241 Å². The van der Waals surface area contributed by atoms with E-state index in [4.69, 9.17) is 34.8 Å². The Morgan fingerprint density at radius 1 is 0.816 bits per heavy atom. The third kappa shape index (κ3) is 7.99. The number of hydrogen-bond acceptors (Lipinski definition) is 5. The van der Waals surface area contributed by atoms with Crippen LogP contribution in [0.3, 0.4) is 0 Å². The molecule has 210 valence electrons. The van der Waals surface area contributed by atoms with E-state index in [2.05, 4.69) is 14.3 Å². The fraction of sp³-hybridized carbons (Fsp3) is 0.538. The second-order valence-corrected chi connectivity index (χ2v) is 15.4. The molecular formula is C26H34Cl3N3O4S2. The summed E-state index contributed by atoms with van der Waals surface area (Å²) in [6.07, 6.45) is 5.68. The standard InChI is InChI=1S/C26H34Cl3N3O4S2/c27-20-7-10-22(11-8-20)32-18-19(6-13-26(32)24-12-9-21(28)16-25(24)29)17-31-37(33,34)15-14-30-38(35,36)23-4-2-1-3-5-23/h7-12,16,19,23,26,30-31H,1-6,13-15,17-18H2/t19-,26-/m1/s1. The van der Waals surface area contributed by atoms with Gasteiger partial charge in [0.05, 0.1) is 17.0 Å². The number of hydrogen-bond donors (Lipinski definition) is 2. The summed E-state index contributed by atoms with van der Waals surface area (Å²) < 4.78 is 55.6. The fourth-order valence-corrected chi connectivity index (χ4v) is 8.72. The van der Waals surface area contributed by atoms with Crippen molar-refractivity contribution < 1.29 is 16.8 Å². The summed E-state index contributed by atoms with van der Waals surface area (Å²) in [5.41, 5.74) is 1.94. The maximum Gasteiger partial charge on any atom is 0.214 e. The topological polar surface area (TPSA) is 95.6 Å². The Balaban J connectivity index is 1.37. The first-order chi connectivity index (χ1) is 18.0. The van der Waals surface area contributed by atoms with E-state index in [1.165, 1.54) is 0 Å². The highest BCUT2D eigenvalue weighted by Gasteiger charge is 2.32. The third-order valence-electron chi connectivity index (χ3n) is 7.42. The number of rotatable bonds is 10. The summed E-state index contributed by atoms with van der Waals surface area (Å²) in [4.78, 5) is 2.23. The van der Waals surface area contributed by atoms with Crippen LogP contribution in [0.5, 0.6) is 0 Å². The van der Waals surface area contributed by atoms with Gasteiger partial charge < -0.3 is 4.90 Å². The Hall–Kier alpha value is -1.07. The third-order valence-corrected chi connectivity index (χ3v) is 11.5. The van der Waals surface area contributed by atoms with Gasteiger partial charge in [-0.1, -0.05) is 60.1 Å². The highest BCUT2D eigenvalue weighted by molar-refractivity contribution is 7.90. The lowest BCUT2D eigenvalue weighted by Gasteiger charge is -2.42. The van der Waals surface area contributed by atoms with Crippen LogP contribution in [0.15, 0.2) is 42.5 Å². The van der Waals surface area contributed by atoms with Crippen molar-refractivity contribution in [1.82, 2.24) is 9.44 Å². The van der Waals surface area contributed by atoms with Gasteiger partial charge in [0.15, 0.2) is 0 Å². The van der Waals surface area contributed by atoms with Gasteiger partial charge in [-0.15, -0.1) is 0 Å². The van der Waals surface area contributed by atoms with Gasteiger partial charge in [-0.3, -0.25) is 0 Å². The molecule has 2 N–H and O–H groups in total. The van der Waals surface area contributed by atoms with E-state index in [9.17, 15) is 16.8 Å². The number of nitrogens with one attached hydrogen (secondary N) is 2. The van der Waals surface area contributed by atoms with Crippen LogP contribution in [0.4, 0.5) is 5.69 Å². The molecule has 2 aromatic carbocycles. The maximum absolute atomic E-state index is 12.7. The van der Waals surface area contributed by atoms with Crippen molar-refractivity contribution in [1.29, 1.82) is 0 Å². The first-order valence-corrected chi connectivity index (χ1v) is 17.3. The van der Waals surface area contributed by atoms with E-state index in [0.29, 0.717) is 34.5 Å². The second kappa shape index (κ2) is 13.1. The van der Waals surface area contributed by atoms with Crippen molar-refractivity contribution in [2.75, 3.05) is 30.3 Å². The molecule has 1 heterocycles. The maximum atomic E-state index is 12.7. The molecule has 7 nitrogen and oxygen atoms in total. The van der Waals surface area contributed by atoms with Crippen LogP contribution in [0.2, 0.25) is 15.1 Å². The lowest BCUT2D eigenvalue weighted by molar-refractivity contribution is 0.358. The molecule has 2 fully saturated rings. The van der Waals surface area contributed by atoms with Gasteiger partial charge in [0.1, 0.15) is 0 Å². The Morgan fingerprint density at radius 3 is 2.18 bits per heavy atom. The monoisotopic (exact) mass is 621 g/mol. The summed E-state index contributed by atoms with van der Waals surface area (Å²) in [5, 5.41) is 1.38. The Bertz CT molecular complexity index is 1300. The van der Waals surface area contributed by atoms with E-state index in [1.54, 1.807) is 6.07 Å². The minimum atomic E-state index is -3.65. The molecule has 0 aromatic heterocycles. The molecule has 2 atom stereocenters. The van der Waals surface area contributed by atoms with Crippen LogP contribution in [-0.2, 0) is 20.0 Å². The quantitative estimate of drug-likeness (QED) is 0.351.